The van der Waals surface area contributed by atoms with E-state index in [0.29, 0.717) is 16.3 Å². The van der Waals surface area contributed by atoms with Crippen LogP contribution in [0.25, 0.3) is 0 Å². The minimum absolute atomic E-state index is 0.0157. The lowest BCUT2D eigenvalue weighted by Crippen LogP contribution is -2.45. The van der Waals surface area contributed by atoms with Crippen molar-refractivity contribution < 1.29 is 18.4 Å². The fourth-order valence-corrected chi connectivity index (χ4v) is 4.22. The molecular formula is C27H25ClF2N4O2. The molecular weight excluding hydrogens is 486 g/mol. The van der Waals surface area contributed by atoms with Crippen LogP contribution in [0.1, 0.15) is 46.4 Å². The predicted molar refractivity (Wildman–Crippen MR) is 136 cm³/mol. The Morgan fingerprint density at radius 3 is 2.14 bits per heavy atom. The van der Waals surface area contributed by atoms with E-state index in [1.54, 1.807) is 36.4 Å². The molecule has 0 aliphatic heterocycles. The van der Waals surface area contributed by atoms with Gasteiger partial charge in [-0.1, -0.05) is 35.9 Å². The minimum atomic E-state index is -1.12. The first-order valence-corrected chi connectivity index (χ1v) is 12.0. The molecule has 36 heavy (non-hydrogen) atoms. The van der Waals surface area contributed by atoms with Crippen molar-refractivity contribution in [2.24, 2.45) is 4.99 Å². The molecule has 0 spiro atoms. The molecule has 0 saturated heterocycles. The van der Waals surface area contributed by atoms with E-state index in [1.807, 2.05) is 18.2 Å². The van der Waals surface area contributed by atoms with Crippen LogP contribution in [0.2, 0.25) is 5.02 Å². The SMILES string of the molecule is O=C(/N=C(/Nc1cccc(Cl)c1)N[C@H]1CC[C@H](NC(=O)c2ccccc2)CC1)c1ccc(F)c(F)c1. The summed E-state index contributed by atoms with van der Waals surface area (Å²) in [5.74, 6) is -2.82. The van der Waals surface area contributed by atoms with Gasteiger partial charge in [-0.25, -0.2) is 8.78 Å². The summed E-state index contributed by atoms with van der Waals surface area (Å²) >= 11 is 6.08. The van der Waals surface area contributed by atoms with Gasteiger partial charge in [-0.05, 0) is 74.2 Å². The van der Waals surface area contributed by atoms with Gasteiger partial charge in [0.2, 0.25) is 5.96 Å². The molecule has 1 aliphatic rings. The average Bonchev–Trinajstić information content (AvgIpc) is 2.87. The normalized spacial score (nSPS) is 17.8. The van der Waals surface area contributed by atoms with Crippen LogP contribution in [0.15, 0.2) is 77.8 Å². The summed E-state index contributed by atoms with van der Waals surface area (Å²) in [5, 5.41) is 9.88. The Bertz CT molecular complexity index is 1260. The molecule has 4 rings (SSSR count). The second-order valence-corrected chi connectivity index (χ2v) is 9.00. The second-order valence-electron chi connectivity index (χ2n) is 8.56. The van der Waals surface area contributed by atoms with Gasteiger partial charge in [0, 0.05) is 33.9 Å². The maximum absolute atomic E-state index is 13.6. The van der Waals surface area contributed by atoms with Gasteiger partial charge < -0.3 is 16.0 Å². The molecule has 3 N–H and O–H groups in total. The van der Waals surface area contributed by atoms with E-state index in [4.69, 9.17) is 11.6 Å². The molecule has 9 heteroatoms. The third kappa shape index (κ3) is 6.88. The molecule has 3 aromatic rings. The fourth-order valence-electron chi connectivity index (χ4n) is 4.03. The number of benzene rings is 3. The first kappa shape index (κ1) is 25.3. The highest BCUT2D eigenvalue weighted by atomic mass is 35.5. The Morgan fingerprint density at radius 2 is 1.47 bits per heavy atom. The highest BCUT2D eigenvalue weighted by Crippen LogP contribution is 2.20. The molecule has 0 atom stereocenters. The third-order valence-corrected chi connectivity index (χ3v) is 6.14. The van der Waals surface area contributed by atoms with E-state index in [2.05, 4.69) is 20.9 Å². The molecule has 0 bridgehead atoms. The average molecular weight is 511 g/mol. The van der Waals surface area contributed by atoms with E-state index in [1.165, 1.54) is 6.07 Å². The number of halogens is 3. The second kappa shape index (κ2) is 11.8. The quantitative estimate of drug-likeness (QED) is 0.310. The number of aliphatic imine (C=N–C) groups is 1. The van der Waals surface area contributed by atoms with Gasteiger partial charge in [-0.3, -0.25) is 9.59 Å². The molecule has 0 radical (unpaired) electrons. The number of rotatable bonds is 5. The summed E-state index contributed by atoms with van der Waals surface area (Å²) < 4.78 is 26.9. The number of hydrogen-bond acceptors (Lipinski definition) is 2. The Labute approximate surface area is 212 Å². The van der Waals surface area contributed by atoms with Gasteiger partial charge in [0.05, 0.1) is 0 Å². The predicted octanol–water partition coefficient (Wildman–Crippen LogP) is 5.56. The highest BCUT2D eigenvalue weighted by Gasteiger charge is 2.24. The molecule has 186 valence electrons. The van der Waals surface area contributed by atoms with Crippen molar-refractivity contribution >= 4 is 35.1 Å². The summed E-state index contributed by atoms with van der Waals surface area (Å²) in [6.45, 7) is 0. The Hall–Kier alpha value is -3.78. The number of nitrogens with zero attached hydrogens (tertiary/aromatic N) is 1. The topological polar surface area (TPSA) is 82.6 Å². The zero-order valence-corrected chi connectivity index (χ0v) is 20.1. The maximum Gasteiger partial charge on any atom is 0.280 e. The Kier molecular flexibility index (Phi) is 8.28. The van der Waals surface area contributed by atoms with Crippen LogP contribution in [-0.2, 0) is 0 Å². The van der Waals surface area contributed by atoms with Crippen LogP contribution < -0.4 is 16.0 Å². The van der Waals surface area contributed by atoms with Gasteiger partial charge in [0.25, 0.3) is 11.8 Å². The maximum atomic E-state index is 13.6. The molecule has 0 unspecified atom stereocenters. The molecule has 1 fully saturated rings. The number of guanidine groups is 1. The van der Waals surface area contributed by atoms with Crippen LogP contribution in [-0.4, -0.2) is 29.9 Å². The van der Waals surface area contributed by atoms with Crippen molar-refractivity contribution in [2.45, 2.75) is 37.8 Å². The Balaban J connectivity index is 1.42. The molecule has 2 amide bonds. The minimum Gasteiger partial charge on any atom is -0.353 e. The molecule has 6 nitrogen and oxygen atoms in total. The van der Waals surface area contributed by atoms with E-state index < -0.39 is 17.5 Å². The third-order valence-electron chi connectivity index (χ3n) is 5.91. The lowest BCUT2D eigenvalue weighted by Gasteiger charge is -2.30. The zero-order valence-electron chi connectivity index (χ0n) is 19.3. The number of anilines is 1. The van der Waals surface area contributed by atoms with Crippen LogP contribution in [0.5, 0.6) is 0 Å². The summed E-state index contributed by atoms with van der Waals surface area (Å²) in [6, 6.07) is 18.9. The van der Waals surface area contributed by atoms with Crippen LogP contribution >= 0.6 is 11.6 Å². The molecule has 1 saturated carbocycles. The summed E-state index contributed by atoms with van der Waals surface area (Å²) in [5.41, 5.74) is 1.15. The first-order valence-electron chi connectivity index (χ1n) is 11.6. The largest absolute Gasteiger partial charge is 0.353 e. The number of nitrogens with one attached hydrogen (secondary N) is 3. The molecule has 3 aromatic carbocycles. The van der Waals surface area contributed by atoms with Gasteiger partial charge in [-0.2, -0.15) is 4.99 Å². The van der Waals surface area contributed by atoms with E-state index >= 15 is 0 Å². The van der Waals surface area contributed by atoms with Crippen LogP contribution in [0.4, 0.5) is 14.5 Å². The van der Waals surface area contributed by atoms with Crippen molar-refractivity contribution in [1.29, 1.82) is 0 Å². The van der Waals surface area contributed by atoms with Crippen LogP contribution in [0, 0.1) is 11.6 Å². The van der Waals surface area contributed by atoms with Crippen LogP contribution in [0.3, 0.4) is 0 Å². The van der Waals surface area contributed by atoms with E-state index in [-0.39, 0.29) is 29.5 Å². The number of amides is 2. The van der Waals surface area contributed by atoms with Gasteiger partial charge in [-0.15, -0.1) is 0 Å². The van der Waals surface area contributed by atoms with E-state index in [9.17, 15) is 18.4 Å². The van der Waals surface area contributed by atoms with E-state index in [0.717, 1.165) is 37.8 Å². The van der Waals surface area contributed by atoms with Crippen molar-refractivity contribution in [1.82, 2.24) is 10.6 Å². The van der Waals surface area contributed by atoms with Crippen molar-refractivity contribution in [3.8, 4) is 0 Å². The van der Waals surface area contributed by atoms with Gasteiger partial charge in [0.15, 0.2) is 11.6 Å². The van der Waals surface area contributed by atoms with Crippen molar-refractivity contribution in [3.63, 3.8) is 0 Å². The molecule has 0 heterocycles. The lowest BCUT2D eigenvalue weighted by atomic mass is 9.91. The number of carbonyl (C=O) groups is 2. The number of hydrogen-bond donors (Lipinski definition) is 3. The standard InChI is InChI=1S/C27H25ClF2N4O2/c28-19-7-4-8-22(16-19)33-27(34-26(36)18-9-14-23(29)24(30)15-18)32-21-12-10-20(11-13-21)31-25(35)17-5-2-1-3-6-17/h1-9,14-16,20-21H,10-13H2,(H,31,35)(H2,32,33,34,36)/t20-,21-. The monoisotopic (exact) mass is 510 g/mol. The zero-order chi connectivity index (χ0) is 25.5. The molecule has 1 aliphatic carbocycles. The molecule has 0 aromatic heterocycles. The smallest absolute Gasteiger partial charge is 0.280 e. The van der Waals surface area contributed by atoms with Gasteiger partial charge in [0.1, 0.15) is 0 Å². The van der Waals surface area contributed by atoms with Gasteiger partial charge >= 0.3 is 0 Å². The van der Waals surface area contributed by atoms with Crippen molar-refractivity contribution in [3.05, 3.63) is 101 Å². The lowest BCUT2D eigenvalue weighted by molar-refractivity contribution is 0.0923. The summed E-state index contributed by atoms with van der Waals surface area (Å²) in [7, 11) is 0. The fraction of sp³-hybridized carbons (Fsp3) is 0.222. The summed E-state index contributed by atoms with van der Waals surface area (Å²) in [4.78, 5) is 29.2. The highest BCUT2D eigenvalue weighted by molar-refractivity contribution is 6.30. The first-order chi connectivity index (χ1) is 17.4. The number of carbonyl (C=O) groups excluding carboxylic acids is 2. The summed E-state index contributed by atoms with van der Waals surface area (Å²) in [6.07, 6.45) is 2.96. The van der Waals surface area contributed by atoms with Crippen molar-refractivity contribution in [2.75, 3.05) is 5.32 Å². The Morgan fingerprint density at radius 1 is 0.778 bits per heavy atom.